The maximum atomic E-state index is 11.9. The van der Waals surface area contributed by atoms with E-state index in [1.807, 2.05) is 0 Å². The van der Waals surface area contributed by atoms with E-state index in [2.05, 4.69) is 21.2 Å². The zero-order chi connectivity index (χ0) is 18.4. The lowest BCUT2D eigenvalue weighted by Crippen LogP contribution is -2.29. The normalized spacial score (nSPS) is 11.5. The molecule has 0 saturated carbocycles. The van der Waals surface area contributed by atoms with Crippen LogP contribution in [0.4, 0.5) is 5.69 Å². The Bertz CT molecular complexity index is 768. The fourth-order valence-electron chi connectivity index (χ4n) is 1.79. The van der Waals surface area contributed by atoms with E-state index in [4.69, 9.17) is 32.7 Å². The lowest BCUT2D eigenvalue weighted by atomic mass is 10.3. The summed E-state index contributed by atoms with van der Waals surface area (Å²) in [7, 11) is 0. The van der Waals surface area contributed by atoms with E-state index in [1.54, 1.807) is 36.4 Å². The van der Waals surface area contributed by atoms with E-state index in [9.17, 15) is 9.59 Å². The number of ether oxygens (including phenoxy) is 2. The van der Waals surface area contributed by atoms with Crippen molar-refractivity contribution in [2.45, 2.75) is 13.0 Å². The highest BCUT2D eigenvalue weighted by molar-refractivity contribution is 9.10. The molecule has 0 radical (unpaired) electrons. The van der Waals surface area contributed by atoms with Crippen molar-refractivity contribution in [2.75, 3.05) is 11.9 Å². The molecule has 0 spiro atoms. The smallest absolute Gasteiger partial charge is 0.347 e. The molecular formula is C17H14BrCl2NO4. The van der Waals surface area contributed by atoms with E-state index >= 15 is 0 Å². The number of halogens is 3. The molecule has 0 aromatic heterocycles. The van der Waals surface area contributed by atoms with Crippen molar-refractivity contribution in [1.82, 2.24) is 0 Å². The molecule has 8 heteroatoms. The van der Waals surface area contributed by atoms with Gasteiger partial charge >= 0.3 is 5.97 Å². The third-order valence-electron chi connectivity index (χ3n) is 3.00. The van der Waals surface area contributed by atoms with Crippen LogP contribution in [0.5, 0.6) is 5.75 Å². The van der Waals surface area contributed by atoms with E-state index in [1.165, 1.54) is 13.0 Å². The summed E-state index contributed by atoms with van der Waals surface area (Å²) < 4.78 is 11.3. The van der Waals surface area contributed by atoms with Crippen LogP contribution in [0.25, 0.3) is 0 Å². The number of benzene rings is 2. The first-order chi connectivity index (χ1) is 11.8. The summed E-state index contributed by atoms with van der Waals surface area (Å²) in [6.45, 7) is 1.08. The van der Waals surface area contributed by atoms with Crippen LogP contribution >= 0.6 is 39.1 Å². The second-order valence-electron chi connectivity index (χ2n) is 5.00. The number of carbonyl (C=O) groups is 2. The minimum atomic E-state index is -0.931. The maximum Gasteiger partial charge on any atom is 0.347 e. The van der Waals surface area contributed by atoms with Crippen LogP contribution in [0.3, 0.4) is 0 Å². The predicted molar refractivity (Wildman–Crippen MR) is 100 cm³/mol. The van der Waals surface area contributed by atoms with Crippen molar-refractivity contribution in [3.05, 3.63) is 57.0 Å². The minimum absolute atomic E-state index is 0.278. The second-order valence-corrected chi connectivity index (χ2v) is 6.76. The molecular weight excluding hydrogens is 433 g/mol. The fourth-order valence-corrected chi connectivity index (χ4v) is 2.51. The molecule has 132 valence electrons. The molecule has 2 aromatic rings. The average molecular weight is 447 g/mol. The lowest BCUT2D eigenvalue weighted by molar-refractivity contribution is -0.153. The van der Waals surface area contributed by atoms with Gasteiger partial charge in [-0.3, -0.25) is 4.79 Å². The topological polar surface area (TPSA) is 64.6 Å². The maximum absolute atomic E-state index is 11.9. The zero-order valence-corrected chi connectivity index (χ0v) is 16.2. The Morgan fingerprint density at radius 2 is 1.84 bits per heavy atom. The van der Waals surface area contributed by atoms with Crippen LogP contribution in [-0.2, 0) is 14.3 Å². The Morgan fingerprint density at radius 1 is 1.16 bits per heavy atom. The highest BCUT2D eigenvalue weighted by Crippen LogP contribution is 2.28. The molecule has 0 saturated heterocycles. The van der Waals surface area contributed by atoms with Crippen molar-refractivity contribution in [1.29, 1.82) is 0 Å². The summed E-state index contributed by atoms with van der Waals surface area (Å²) in [5.74, 6) is -0.834. The molecule has 5 nitrogen and oxygen atoms in total. The van der Waals surface area contributed by atoms with Gasteiger partial charge in [-0.1, -0.05) is 39.1 Å². The Morgan fingerprint density at radius 3 is 2.48 bits per heavy atom. The first-order valence-electron chi connectivity index (χ1n) is 7.19. The summed E-state index contributed by atoms with van der Waals surface area (Å²) in [5.41, 5.74) is 0.599. The molecule has 0 aliphatic rings. The van der Waals surface area contributed by atoms with E-state index in [-0.39, 0.29) is 5.02 Å². The van der Waals surface area contributed by atoms with E-state index in [0.717, 1.165) is 4.47 Å². The average Bonchev–Trinajstić information content (AvgIpc) is 2.57. The lowest BCUT2D eigenvalue weighted by Gasteiger charge is -2.15. The van der Waals surface area contributed by atoms with Gasteiger partial charge in [-0.05, 0) is 49.4 Å². The molecule has 1 N–H and O–H groups in total. The number of rotatable bonds is 6. The second kappa shape index (κ2) is 9.08. The van der Waals surface area contributed by atoms with Crippen molar-refractivity contribution in [3.63, 3.8) is 0 Å². The van der Waals surface area contributed by atoms with Crippen molar-refractivity contribution < 1.29 is 19.1 Å². The molecule has 0 aliphatic carbocycles. The van der Waals surface area contributed by atoms with Gasteiger partial charge in [0.1, 0.15) is 5.75 Å². The molecule has 0 unspecified atom stereocenters. The summed E-state index contributed by atoms with van der Waals surface area (Å²) in [6, 6.07) is 11.7. The summed E-state index contributed by atoms with van der Waals surface area (Å²) in [6.07, 6.45) is -0.931. The molecule has 1 atom stereocenters. The highest BCUT2D eigenvalue weighted by Gasteiger charge is 2.19. The molecule has 0 fully saturated rings. The fraction of sp³-hybridized carbons (Fsp3) is 0.176. The van der Waals surface area contributed by atoms with Crippen molar-refractivity contribution in [2.24, 2.45) is 0 Å². The number of esters is 1. The van der Waals surface area contributed by atoms with Crippen LogP contribution in [0.1, 0.15) is 6.92 Å². The molecule has 25 heavy (non-hydrogen) atoms. The number of carbonyl (C=O) groups excluding carboxylic acids is 2. The number of hydrogen-bond donors (Lipinski definition) is 1. The van der Waals surface area contributed by atoms with Crippen LogP contribution in [0.15, 0.2) is 46.9 Å². The van der Waals surface area contributed by atoms with Gasteiger partial charge in [-0.2, -0.15) is 0 Å². The molecule has 0 aliphatic heterocycles. The third kappa shape index (κ3) is 6.23. The Labute approximate surface area is 163 Å². The Hall–Kier alpha value is -1.76. The van der Waals surface area contributed by atoms with Gasteiger partial charge in [0, 0.05) is 15.2 Å². The summed E-state index contributed by atoms with van der Waals surface area (Å²) in [5, 5.41) is 3.35. The number of anilines is 1. The van der Waals surface area contributed by atoms with Gasteiger partial charge in [-0.15, -0.1) is 0 Å². The van der Waals surface area contributed by atoms with Gasteiger partial charge < -0.3 is 14.8 Å². The largest absolute Gasteiger partial charge is 0.477 e. The quantitative estimate of drug-likeness (QED) is 0.653. The van der Waals surface area contributed by atoms with Gasteiger partial charge in [-0.25, -0.2) is 4.79 Å². The number of nitrogens with one attached hydrogen (secondary N) is 1. The number of hydrogen-bond acceptors (Lipinski definition) is 4. The van der Waals surface area contributed by atoms with Crippen molar-refractivity contribution >= 4 is 56.7 Å². The van der Waals surface area contributed by atoms with Gasteiger partial charge in [0.25, 0.3) is 5.91 Å². The zero-order valence-electron chi connectivity index (χ0n) is 13.1. The predicted octanol–water partition coefficient (Wildman–Crippen LogP) is 4.71. The standard InChI is InChI=1S/C17H14BrCl2NO4/c1-10(25-15-7-4-12(19)8-14(15)20)17(23)24-9-16(22)21-13-5-2-11(18)3-6-13/h2-8,10H,9H2,1H3,(H,21,22)/t10-/m1/s1. The van der Waals surface area contributed by atoms with E-state index < -0.39 is 24.6 Å². The molecule has 2 rings (SSSR count). The van der Waals surface area contributed by atoms with Gasteiger partial charge in [0.15, 0.2) is 12.7 Å². The first-order valence-corrected chi connectivity index (χ1v) is 8.74. The number of amides is 1. The van der Waals surface area contributed by atoms with Crippen LogP contribution in [0.2, 0.25) is 10.0 Å². The molecule has 0 bridgehead atoms. The van der Waals surface area contributed by atoms with Crippen LogP contribution in [-0.4, -0.2) is 24.6 Å². The van der Waals surface area contributed by atoms with E-state index in [0.29, 0.717) is 16.5 Å². The Kier molecular flexibility index (Phi) is 7.11. The molecule has 1 amide bonds. The van der Waals surface area contributed by atoms with Gasteiger partial charge in [0.05, 0.1) is 5.02 Å². The SMILES string of the molecule is C[C@@H](Oc1ccc(Cl)cc1Cl)C(=O)OCC(=O)Nc1ccc(Br)cc1. The van der Waals surface area contributed by atoms with Crippen molar-refractivity contribution in [3.8, 4) is 5.75 Å². The van der Waals surface area contributed by atoms with Crippen LogP contribution in [0, 0.1) is 0 Å². The first kappa shape index (κ1) is 19.6. The monoisotopic (exact) mass is 445 g/mol. The van der Waals surface area contributed by atoms with Crippen LogP contribution < -0.4 is 10.1 Å². The molecule has 0 heterocycles. The molecule has 2 aromatic carbocycles. The van der Waals surface area contributed by atoms with Gasteiger partial charge in [0.2, 0.25) is 0 Å². The Balaban J connectivity index is 1.82. The minimum Gasteiger partial charge on any atom is -0.477 e. The third-order valence-corrected chi connectivity index (χ3v) is 4.06. The highest BCUT2D eigenvalue weighted by atomic mass is 79.9. The summed E-state index contributed by atoms with van der Waals surface area (Å²) in [4.78, 5) is 23.7. The summed E-state index contributed by atoms with van der Waals surface area (Å²) >= 11 is 15.1.